The lowest BCUT2D eigenvalue weighted by Crippen LogP contribution is -2.19. The molecule has 0 radical (unpaired) electrons. The number of hydrogen-bond acceptors (Lipinski definition) is 4. The van der Waals surface area contributed by atoms with Crippen molar-refractivity contribution in [3.63, 3.8) is 0 Å². The van der Waals surface area contributed by atoms with Crippen molar-refractivity contribution in [3.05, 3.63) is 65.2 Å². The fourth-order valence-corrected chi connectivity index (χ4v) is 2.46. The molecule has 0 atom stereocenters. The van der Waals surface area contributed by atoms with Gasteiger partial charge in [-0.2, -0.15) is 0 Å². The van der Waals surface area contributed by atoms with Crippen LogP contribution in [-0.2, 0) is 14.3 Å². The van der Waals surface area contributed by atoms with Crippen LogP contribution in [0.2, 0.25) is 0 Å². The molecule has 0 saturated heterocycles. The third-order valence-corrected chi connectivity index (χ3v) is 4.06. The molecule has 1 amide bonds. The van der Waals surface area contributed by atoms with Gasteiger partial charge in [0.05, 0.1) is 19.3 Å². The Balaban J connectivity index is 1.61. The number of nitrogens with one attached hydrogen (secondary N) is 1. The summed E-state index contributed by atoms with van der Waals surface area (Å²) in [5, 5.41) is 2.81. The summed E-state index contributed by atoms with van der Waals surface area (Å²) in [6.07, 6.45) is 2.40. The van der Waals surface area contributed by atoms with E-state index in [1.165, 1.54) is 20.0 Å². The average molecular weight is 363 g/mol. The smallest absolute Gasteiger partial charge is 0.337 e. The molecule has 0 heterocycles. The van der Waals surface area contributed by atoms with Gasteiger partial charge in [0.2, 0.25) is 5.91 Å². The largest absolute Gasteiger partial charge is 0.465 e. The molecule has 1 fully saturated rings. The van der Waals surface area contributed by atoms with E-state index >= 15 is 0 Å². The van der Waals surface area contributed by atoms with Gasteiger partial charge in [-0.15, -0.1) is 0 Å². The highest BCUT2D eigenvalue weighted by atomic mass is 16.5. The molecular weight excluding hydrogens is 342 g/mol. The van der Waals surface area contributed by atoms with Gasteiger partial charge in [-0.05, 0) is 55.2 Å². The van der Waals surface area contributed by atoms with Crippen LogP contribution in [0.15, 0.2) is 48.5 Å². The molecular formula is C22H21NO4. The topological polar surface area (TPSA) is 64.6 Å². The van der Waals surface area contributed by atoms with Gasteiger partial charge < -0.3 is 14.8 Å². The number of ether oxygens (including phenoxy) is 2. The Labute approximate surface area is 158 Å². The second-order valence-corrected chi connectivity index (χ2v) is 6.41. The van der Waals surface area contributed by atoms with E-state index in [1.807, 2.05) is 24.3 Å². The fourth-order valence-electron chi connectivity index (χ4n) is 2.46. The SMILES string of the molecule is COC(=O)c1cccc(C#Cc2cccc(NC(=O)COCC3CC3)c2)c1. The Morgan fingerprint density at radius 3 is 2.48 bits per heavy atom. The summed E-state index contributed by atoms with van der Waals surface area (Å²) < 4.78 is 10.1. The molecule has 1 aliphatic carbocycles. The lowest BCUT2D eigenvalue weighted by molar-refractivity contribution is -0.120. The zero-order valence-corrected chi connectivity index (χ0v) is 15.2. The summed E-state index contributed by atoms with van der Waals surface area (Å²) in [6.45, 7) is 0.719. The van der Waals surface area contributed by atoms with Gasteiger partial charge >= 0.3 is 5.97 Å². The van der Waals surface area contributed by atoms with Crippen molar-refractivity contribution in [3.8, 4) is 11.8 Å². The molecule has 3 rings (SSSR count). The molecule has 5 heteroatoms. The second-order valence-electron chi connectivity index (χ2n) is 6.41. The van der Waals surface area contributed by atoms with E-state index in [0.717, 1.165) is 5.56 Å². The molecule has 27 heavy (non-hydrogen) atoms. The van der Waals surface area contributed by atoms with Crippen molar-refractivity contribution in [2.75, 3.05) is 25.6 Å². The van der Waals surface area contributed by atoms with E-state index in [1.54, 1.807) is 24.3 Å². The first kappa shape index (κ1) is 18.7. The van der Waals surface area contributed by atoms with Crippen molar-refractivity contribution < 1.29 is 19.1 Å². The highest BCUT2D eigenvalue weighted by molar-refractivity contribution is 5.92. The monoisotopic (exact) mass is 363 g/mol. The van der Waals surface area contributed by atoms with Gasteiger partial charge in [0.15, 0.2) is 0 Å². The number of rotatable bonds is 6. The first-order valence-electron chi connectivity index (χ1n) is 8.82. The normalized spacial score (nSPS) is 12.6. The molecule has 5 nitrogen and oxygen atoms in total. The molecule has 1 aliphatic rings. The van der Waals surface area contributed by atoms with Crippen LogP contribution < -0.4 is 5.32 Å². The number of methoxy groups -OCH3 is 1. The lowest BCUT2D eigenvalue weighted by atomic mass is 10.1. The molecule has 0 aromatic heterocycles. The predicted molar refractivity (Wildman–Crippen MR) is 102 cm³/mol. The number of anilines is 1. The zero-order chi connectivity index (χ0) is 19.1. The number of carbonyl (C=O) groups is 2. The summed E-state index contributed by atoms with van der Waals surface area (Å²) in [6, 6.07) is 14.2. The molecule has 0 aliphatic heterocycles. The van der Waals surface area contributed by atoms with Crippen LogP contribution in [0.4, 0.5) is 5.69 Å². The van der Waals surface area contributed by atoms with Crippen molar-refractivity contribution in [1.29, 1.82) is 0 Å². The minimum atomic E-state index is -0.396. The van der Waals surface area contributed by atoms with E-state index < -0.39 is 5.97 Å². The van der Waals surface area contributed by atoms with Crippen molar-refractivity contribution in [1.82, 2.24) is 0 Å². The van der Waals surface area contributed by atoms with Gasteiger partial charge in [-0.3, -0.25) is 4.79 Å². The number of carbonyl (C=O) groups excluding carboxylic acids is 2. The maximum absolute atomic E-state index is 11.9. The molecule has 0 spiro atoms. The van der Waals surface area contributed by atoms with E-state index in [9.17, 15) is 9.59 Å². The van der Waals surface area contributed by atoms with E-state index in [-0.39, 0.29) is 12.5 Å². The first-order chi connectivity index (χ1) is 13.1. The standard InChI is InChI=1S/C22H21NO4/c1-26-22(25)19-6-2-4-16(12-19)8-9-17-5-3-7-20(13-17)23-21(24)15-27-14-18-10-11-18/h2-7,12-13,18H,10-11,14-15H2,1H3,(H,23,24). The number of amides is 1. The number of esters is 1. The molecule has 0 bridgehead atoms. The first-order valence-corrected chi connectivity index (χ1v) is 8.82. The Bertz CT molecular complexity index is 890. The summed E-state index contributed by atoms with van der Waals surface area (Å²) in [5.41, 5.74) is 2.60. The summed E-state index contributed by atoms with van der Waals surface area (Å²) in [7, 11) is 1.34. The third kappa shape index (κ3) is 5.98. The molecule has 1 N–H and O–H groups in total. The van der Waals surface area contributed by atoms with Crippen LogP contribution in [0, 0.1) is 17.8 Å². The molecule has 0 unspecified atom stereocenters. The van der Waals surface area contributed by atoms with Gasteiger partial charge in [-0.1, -0.05) is 24.0 Å². The summed E-state index contributed by atoms with van der Waals surface area (Å²) in [5.74, 6) is 6.12. The van der Waals surface area contributed by atoms with Crippen molar-refractivity contribution in [2.24, 2.45) is 5.92 Å². The lowest BCUT2D eigenvalue weighted by Gasteiger charge is -2.06. The maximum Gasteiger partial charge on any atom is 0.337 e. The molecule has 2 aromatic rings. The van der Waals surface area contributed by atoms with E-state index in [0.29, 0.717) is 29.3 Å². The Morgan fingerprint density at radius 1 is 1.07 bits per heavy atom. The van der Waals surface area contributed by atoms with Gasteiger partial charge in [-0.25, -0.2) is 4.79 Å². The van der Waals surface area contributed by atoms with Gasteiger partial charge in [0.25, 0.3) is 0 Å². The maximum atomic E-state index is 11.9. The van der Waals surface area contributed by atoms with Crippen LogP contribution in [0.25, 0.3) is 0 Å². The Hall–Kier alpha value is -3.10. The number of hydrogen-bond donors (Lipinski definition) is 1. The quantitative estimate of drug-likeness (QED) is 0.632. The van der Waals surface area contributed by atoms with Gasteiger partial charge in [0, 0.05) is 16.8 Å². The predicted octanol–water partition coefficient (Wildman–Crippen LogP) is 3.24. The van der Waals surface area contributed by atoms with E-state index in [2.05, 4.69) is 17.2 Å². The highest BCUT2D eigenvalue weighted by Gasteiger charge is 2.21. The average Bonchev–Trinajstić information content (AvgIpc) is 3.50. The molecule has 1 saturated carbocycles. The minimum Gasteiger partial charge on any atom is -0.465 e. The van der Waals surface area contributed by atoms with Crippen LogP contribution in [0.5, 0.6) is 0 Å². The molecule has 2 aromatic carbocycles. The van der Waals surface area contributed by atoms with Crippen molar-refractivity contribution >= 4 is 17.6 Å². The van der Waals surface area contributed by atoms with E-state index in [4.69, 9.17) is 9.47 Å². The molecule has 138 valence electrons. The number of benzene rings is 2. The van der Waals surface area contributed by atoms with Crippen LogP contribution in [-0.4, -0.2) is 32.2 Å². The Kier molecular flexibility index (Phi) is 6.24. The fraction of sp³-hybridized carbons (Fsp3) is 0.273. The second kappa shape index (κ2) is 9.02. The van der Waals surface area contributed by atoms with Crippen LogP contribution in [0.3, 0.4) is 0 Å². The van der Waals surface area contributed by atoms with Gasteiger partial charge in [0.1, 0.15) is 6.61 Å². The van der Waals surface area contributed by atoms with Crippen molar-refractivity contribution in [2.45, 2.75) is 12.8 Å². The summed E-state index contributed by atoms with van der Waals surface area (Å²) in [4.78, 5) is 23.5. The highest BCUT2D eigenvalue weighted by Crippen LogP contribution is 2.28. The minimum absolute atomic E-state index is 0.0622. The van der Waals surface area contributed by atoms with Crippen LogP contribution in [0.1, 0.15) is 34.3 Å². The zero-order valence-electron chi connectivity index (χ0n) is 15.2. The summed E-state index contributed by atoms with van der Waals surface area (Å²) >= 11 is 0. The van der Waals surface area contributed by atoms with Crippen LogP contribution >= 0.6 is 0 Å². The third-order valence-electron chi connectivity index (χ3n) is 4.06. The Morgan fingerprint density at radius 2 is 1.78 bits per heavy atom.